The lowest BCUT2D eigenvalue weighted by Crippen LogP contribution is -2.47. The molecule has 8 heteroatoms. The van der Waals surface area contributed by atoms with E-state index in [9.17, 15) is 13.2 Å². The normalized spacial score (nSPS) is 16.4. The van der Waals surface area contributed by atoms with Gasteiger partial charge in [0.1, 0.15) is 11.4 Å². The highest BCUT2D eigenvalue weighted by atomic mass is 32.2. The fourth-order valence-electron chi connectivity index (χ4n) is 2.74. The smallest absolute Gasteiger partial charge is 0.410 e. The molecule has 0 saturated carbocycles. The fraction of sp³-hybridized carbons (Fsp3) is 0.611. The molecule has 0 atom stereocenters. The van der Waals surface area contributed by atoms with Gasteiger partial charge in [-0.25, -0.2) is 17.9 Å². The highest BCUT2D eigenvalue weighted by Gasteiger charge is 2.28. The Morgan fingerprint density at radius 3 is 2.27 bits per heavy atom. The quantitative estimate of drug-likeness (QED) is 0.843. The number of benzene rings is 1. The van der Waals surface area contributed by atoms with Gasteiger partial charge in [-0.2, -0.15) is 0 Å². The Balaban J connectivity index is 1.84. The zero-order valence-corrected chi connectivity index (χ0v) is 16.6. The number of sulfonamides is 1. The molecule has 0 spiro atoms. The summed E-state index contributed by atoms with van der Waals surface area (Å²) in [5.74, 6) is 0.608. The van der Waals surface area contributed by atoms with Crippen molar-refractivity contribution < 1.29 is 22.7 Å². The molecular weight excluding hydrogens is 356 g/mol. The molecule has 0 radical (unpaired) electrons. The Morgan fingerprint density at radius 2 is 1.77 bits per heavy atom. The van der Waals surface area contributed by atoms with Gasteiger partial charge in [0.2, 0.25) is 10.0 Å². The number of rotatable bonds is 5. The van der Waals surface area contributed by atoms with E-state index in [1.54, 1.807) is 36.3 Å². The Labute approximate surface area is 155 Å². The highest BCUT2D eigenvalue weighted by Crippen LogP contribution is 2.17. The average Bonchev–Trinajstić information content (AvgIpc) is 2.54. The van der Waals surface area contributed by atoms with Gasteiger partial charge in [-0.3, -0.25) is 0 Å². The van der Waals surface area contributed by atoms with Crippen molar-refractivity contribution in [2.24, 2.45) is 0 Å². The van der Waals surface area contributed by atoms with Gasteiger partial charge in [0.15, 0.2) is 0 Å². The Kier molecular flexibility index (Phi) is 6.52. The molecule has 0 aromatic heterocycles. The molecule has 1 aliphatic heterocycles. The van der Waals surface area contributed by atoms with Crippen molar-refractivity contribution in [1.82, 2.24) is 9.62 Å². The lowest BCUT2D eigenvalue weighted by atomic mass is 10.1. The Hall–Kier alpha value is -1.80. The third kappa shape index (κ3) is 6.49. The van der Waals surface area contributed by atoms with E-state index < -0.39 is 15.6 Å². The molecule has 1 heterocycles. The second-order valence-electron chi connectivity index (χ2n) is 7.47. The van der Waals surface area contributed by atoms with Gasteiger partial charge in [-0.1, -0.05) is 12.1 Å². The minimum absolute atomic E-state index is 0.0801. The number of nitrogens with zero attached hydrogens (tertiary/aromatic N) is 1. The van der Waals surface area contributed by atoms with Gasteiger partial charge in [-0.05, 0) is 51.3 Å². The van der Waals surface area contributed by atoms with Crippen LogP contribution in [0.2, 0.25) is 0 Å². The third-order valence-corrected chi connectivity index (χ3v) is 5.41. The molecule has 1 aromatic carbocycles. The molecule has 0 unspecified atom stereocenters. The number of carbonyl (C=O) groups excluding carboxylic acids is 1. The van der Waals surface area contributed by atoms with E-state index in [1.807, 2.05) is 20.8 Å². The van der Waals surface area contributed by atoms with E-state index in [0.717, 1.165) is 0 Å². The molecule has 2 rings (SSSR count). The lowest BCUT2D eigenvalue weighted by molar-refractivity contribution is 0.0203. The first-order valence-corrected chi connectivity index (χ1v) is 10.3. The van der Waals surface area contributed by atoms with Crippen molar-refractivity contribution in [3.63, 3.8) is 0 Å². The molecule has 1 aromatic rings. The van der Waals surface area contributed by atoms with Gasteiger partial charge in [0.05, 0.1) is 12.9 Å². The Morgan fingerprint density at radius 1 is 1.19 bits per heavy atom. The molecule has 1 aliphatic rings. The molecule has 0 aliphatic carbocycles. The van der Waals surface area contributed by atoms with Crippen LogP contribution in [0.5, 0.6) is 5.75 Å². The number of amides is 1. The fourth-order valence-corrected chi connectivity index (χ4v) is 4.20. The van der Waals surface area contributed by atoms with Crippen molar-refractivity contribution in [1.29, 1.82) is 0 Å². The number of hydrogen-bond donors (Lipinski definition) is 1. The van der Waals surface area contributed by atoms with Crippen LogP contribution < -0.4 is 9.46 Å². The average molecular weight is 384 g/mol. The predicted molar refractivity (Wildman–Crippen MR) is 99.6 cm³/mol. The van der Waals surface area contributed by atoms with E-state index in [2.05, 4.69) is 4.72 Å². The van der Waals surface area contributed by atoms with E-state index in [4.69, 9.17) is 9.47 Å². The van der Waals surface area contributed by atoms with E-state index >= 15 is 0 Å². The van der Waals surface area contributed by atoms with Crippen molar-refractivity contribution in [3.05, 3.63) is 29.8 Å². The van der Waals surface area contributed by atoms with Crippen LogP contribution >= 0.6 is 0 Å². The maximum atomic E-state index is 12.4. The summed E-state index contributed by atoms with van der Waals surface area (Å²) in [4.78, 5) is 13.7. The molecule has 1 amide bonds. The summed E-state index contributed by atoms with van der Waals surface area (Å²) in [6.07, 6.45) is 0.791. The number of carbonyl (C=O) groups is 1. The molecule has 1 N–H and O–H groups in total. The number of likely N-dealkylation sites (tertiary alicyclic amines) is 1. The summed E-state index contributed by atoms with van der Waals surface area (Å²) >= 11 is 0. The van der Waals surface area contributed by atoms with Gasteiger partial charge in [0.25, 0.3) is 0 Å². The second-order valence-corrected chi connectivity index (χ2v) is 9.22. The van der Waals surface area contributed by atoms with Crippen LogP contribution in [0, 0.1) is 0 Å². The van der Waals surface area contributed by atoms with Gasteiger partial charge in [0, 0.05) is 19.1 Å². The van der Waals surface area contributed by atoms with Crippen LogP contribution in [0.4, 0.5) is 4.79 Å². The molecular formula is C18H28N2O5S. The van der Waals surface area contributed by atoms with Crippen LogP contribution in [0.3, 0.4) is 0 Å². The predicted octanol–water partition coefficient (Wildman–Crippen LogP) is 2.51. The summed E-state index contributed by atoms with van der Waals surface area (Å²) in [6.45, 7) is 6.43. The maximum absolute atomic E-state index is 12.4. The monoisotopic (exact) mass is 384 g/mol. The van der Waals surface area contributed by atoms with Gasteiger partial charge in [-0.15, -0.1) is 0 Å². The SMILES string of the molecule is COc1ccc(CS(=O)(=O)NC2CCN(C(=O)OC(C)(C)C)CC2)cc1. The molecule has 146 valence electrons. The minimum Gasteiger partial charge on any atom is -0.497 e. The van der Waals surface area contributed by atoms with Crippen LogP contribution in [0.25, 0.3) is 0 Å². The molecule has 1 saturated heterocycles. The second kappa shape index (κ2) is 8.26. The number of piperidine rings is 1. The van der Waals surface area contributed by atoms with Crippen molar-refractivity contribution in [2.75, 3.05) is 20.2 Å². The first-order valence-electron chi connectivity index (χ1n) is 8.69. The molecule has 7 nitrogen and oxygen atoms in total. The summed E-state index contributed by atoms with van der Waals surface area (Å²) in [5, 5.41) is 0. The number of ether oxygens (including phenoxy) is 2. The molecule has 0 bridgehead atoms. The number of methoxy groups -OCH3 is 1. The zero-order chi connectivity index (χ0) is 19.4. The van der Waals surface area contributed by atoms with E-state index in [-0.39, 0.29) is 17.9 Å². The highest BCUT2D eigenvalue weighted by molar-refractivity contribution is 7.88. The largest absolute Gasteiger partial charge is 0.497 e. The third-order valence-electron chi connectivity index (χ3n) is 4.01. The molecule has 26 heavy (non-hydrogen) atoms. The first-order chi connectivity index (χ1) is 12.1. The summed E-state index contributed by atoms with van der Waals surface area (Å²) in [7, 11) is -1.88. The van der Waals surface area contributed by atoms with Gasteiger partial charge < -0.3 is 14.4 Å². The topological polar surface area (TPSA) is 84.9 Å². The molecule has 1 fully saturated rings. The van der Waals surface area contributed by atoms with Crippen LogP contribution in [0.1, 0.15) is 39.2 Å². The Bertz CT molecular complexity index is 702. The van der Waals surface area contributed by atoms with Crippen LogP contribution in [-0.2, 0) is 20.5 Å². The van der Waals surface area contributed by atoms with E-state index in [1.165, 1.54) is 0 Å². The van der Waals surface area contributed by atoms with Gasteiger partial charge >= 0.3 is 6.09 Å². The standard InChI is InChI=1S/C18H28N2O5S/c1-18(2,3)25-17(21)20-11-9-15(10-12-20)19-26(22,23)13-14-5-7-16(24-4)8-6-14/h5-8,15,19H,9-13H2,1-4H3. The lowest BCUT2D eigenvalue weighted by Gasteiger charge is -2.33. The van der Waals surface area contributed by atoms with Crippen molar-refractivity contribution in [2.45, 2.75) is 51.0 Å². The van der Waals surface area contributed by atoms with Crippen LogP contribution in [-0.4, -0.2) is 51.3 Å². The maximum Gasteiger partial charge on any atom is 0.410 e. The number of hydrogen-bond acceptors (Lipinski definition) is 5. The zero-order valence-electron chi connectivity index (χ0n) is 15.8. The summed E-state index contributed by atoms with van der Waals surface area (Å²) < 4.78 is 37.9. The summed E-state index contributed by atoms with van der Waals surface area (Å²) in [6, 6.07) is 6.79. The van der Waals surface area contributed by atoms with E-state index in [0.29, 0.717) is 37.2 Å². The minimum atomic E-state index is -3.45. The van der Waals surface area contributed by atoms with Crippen molar-refractivity contribution in [3.8, 4) is 5.75 Å². The van der Waals surface area contributed by atoms with Crippen LogP contribution in [0.15, 0.2) is 24.3 Å². The first kappa shape index (κ1) is 20.5. The number of nitrogens with one attached hydrogen (secondary N) is 1. The summed E-state index contributed by atoms with van der Waals surface area (Å²) in [5.41, 5.74) is 0.165. The van der Waals surface area contributed by atoms with Crippen molar-refractivity contribution >= 4 is 16.1 Å².